The lowest BCUT2D eigenvalue weighted by atomic mass is 10.2. The van der Waals surface area contributed by atoms with Crippen molar-refractivity contribution >= 4 is 65.9 Å². The lowest BCUT2D eigenvalue weighted by molar-refractivity contribution is 0.0702. The number of thiophene rings is 1. The molecule has 4 aromatic rings. The fraction of sp³-hybridized carbons (Fsp3) is 0.100. The Hall–Kier alpha value is -2.28. The molecule has 32 heavy (non-hydrogen) atoms. The van der Waals surface area contributed by atoms with Crippen molar-refractivity contribution < 1.29 is 27.1 Å². The molecule has 0 saturated heterocycles. The maximum absolute atomic E-state index is 14.1. The quantitative estimate of drug-likeness (QED) is 0.317. The third kappa shape index (κ3) is 4.07. The minimum atomic E-state index is -4.07. The molecule has 0 aliphatic heterocycles. The fourth-order valence-electron chi connectivity index (χ4n) is 3.15. The van der Waals surface area contributed by atoms with Crippen LogP contribution in [-0.2, 0) is 16.4 Å². The minimum Gasteiger partial charge on any atom is -0.477 e. The van der Waals surface area contributed by atoms with Gasteiger partial charge in [0, 0.05) is 10.0 Å². The Kier molecular flexibility index (Phi) is 6.14. The van der Waals surface area contributed by atoms with Crippen LogP contribution in [0.4, 0.5) is 8.78 Å². The summed E-state index contributed by atoms with van der Waals surface area (Å²) in [6.07, 6.45) is 3.08. The second-order valence-corrected chi connectivity index (χ2v) is 11.6. The summed E-state index contributed by atoms with van der Waals surface area (Å²) in [4.78, 5) is 15.3. The molecular formula is C20H13BrF2N2O4S3. The van der Waals surface area contributed by atoms with Crippen molar-refractivity contribution in [1.29, 1.82) is 0 Å². The number of halogens is 3. The molecule has 0 amide bonds. The number of aromatic carboxylic acids is 1. The van der Waals surface area contributed by atoms with E-state index >= 15 is 0 Å². The Bertz CT molecular complexity index is 1480. The van der Waals surface area contributed by atoms with Crippen molar-refractivity contribution in [2.24, 2.45) is 0 Å². The minimum absolute atomic E-state index is 0.0618. The first-order valence-corrected chi connectivity index (χ1v) is 13.2. The molecule has 4 rings (SSSR count). The Labute approximate surface area is 198 Å². The normalized spacial score (nSPS) is 11.9. The number of carbonyl (C=O) groups is 1. The maximum atomic E-state index is 14.1. The molecule has 2 aromatic heterocycles. The second-order valence-electron chi connectivity index (χ2n) is 6.66. The lowest BCUT2D eigenvalue weighted by Crippen LogP contribution is -2.05. The van der Waals surface area contributed by atoms with E-state index in [0.29, 0.717) is 19.7 Å². The van der Waals surface area contributed by atoms with E-state index < -0.39 is 27.4 Å². The summed E-state index contributed by atoms with van der Waals surface area (Å²) in [5.41, 5.74) is 0.922. The molecule has 12 heteroatoms. The Morgan fingerprint density at radius 2 is 2.00 bits per heavy atom. The van der Waals surface area contributed by atoms with E-state index in [9.17, 15) is 27.1 Å². The standard InChI is InChI=1S/C20H13BrF2N2O4S3/c1-30-20-17(7-16(31-20)19(26)27)32(28,29)12-5-13(21)18-15(6-12)25(9-24-18)8-10-4-11(22)2-3-14(10)23/h2-7,9H,8H2,1H3,(H,26,27). The summed E-state index contributed by atoms with van der Waals surface area (Å²) in [5, 5.41) is 9.26. The van der Waals surface area contributed by atoms with Gasteiger partial charge in [0.15, 0.2) is 0 Å². The third-order valence-corrected chi connectivity index (χ3v) is 9.54. The number of thioether (sulfide) groups is 1. The van der Waals surface area contributed by atoms with Crippen molar-refractivity contribution in [3.63, 3.8) is 0 Å². The zero-order valence-corrected chi connectivity index (χ0v) is 20.2. The third-order valence-electron chi connectivity index (χ3n) is 4.66. The molecule has 166 valence electrons. The molecule has 0 unspecified atom stereocenters. The van der Waals surface area contributed by atoms with Crippen LogP contribution < -0.4 is 0 Å². The molecule has 0 aliphatic carbocycles. The predicted molar refractivity (Wildman–Crippen MR) is 121 cm³/mol. The monoisotopic (exact) mass is 558 g/mol. The van der Waals surface area contributed by atoms with Gasteiger partial charge in [0.2, 0.25) is 9.84 Å². The van der Waals surface area contributed by atoms with Gasteiger partial charge in [0.05, 0.1) is 32.4 Å². The number of hydrogen-bond donors (Lipinski definition) is 1. The Morgan fingerprint density at radius 1 is 1.25 bits per heavy atom. The fourth-order valence-corrected chi connectivity index (χ4v) is 7.73. The summed E-state index contributed by atoms with van der Waals surface area (Å²) in [6.45, 7) is -0.0618. The van der Waals surface area contributed by atoms with Gasteiger partial charge in [-0.05, 0) is 58.6 Å². The number of aromatic nitrogens is 2. The van der Waals surface area contributed by atoms with Crippen LogP contribution in [0.3, 0.4) is 0 Å². The molecule has 0 bridgehead atoms. The summed E-state index contributed by atoms with van der Waals surface area (Å²) >= 11 is 5.36. The molecule has 0 radical (unpaired) electrons. The SMILES string of the molecule is CSc1sc(C(=O)O)cc1S(=O)(=O)c1cc(Br)c2ncn(Cc3cc(F)ccc3F)c2c1. The molecule has 0 saturated carbocycles. The van der Waals surface area contributed by atoms with E-state index in [1.54, 1.807) is 6.26 Å². The van der Waals surface area contributed by atoms with Gasteiger partial charge in [-0.25, -0.2) is 27.0 Å². The number of benzene rings is 2. The molecule has 0 aliphatic rings. The highest BCUT2D eigenvalue weighted by atomic mass is 79.9. The molecule has 0 fully saturated rings. The number of imidazole rings is 1. The summed E-state index contributed by atoms with van der Waals surface area (Å²) < 4.78 is 56.7. The summed E-state index contributed by atoms with van der Waals surface area (Å²) in [7, 11) is -4.07. The predicted octanol–water partition coefficient (Wildman–Crippen LogP) is 5.44. The number of carboxylic acids is 1. The van der Waals surface area contributed by atoms with Crippen LogP contribution >= 0.6 is 39.0 Å². The van der Waals surface area contributed by atoms with Gasteiger partial charge in [-0.1, -0.05) is 0 Å². The van der Waals surface area contributed by atoms with Gasteiger partial charge in [-0.15, -0.1) is 23.1 Å². The maximum Gasteiger partial charge on any atom is 0.345 e. The highest BCUT2D eigenvalue weighted by Crippen LogP contribution is 2.38. The van der Waals surface area contributed by atoms with Crippen molar-refractivity contribution in [1.82, 2.24) is 9.55 Å². The van der Waals surface area contributed by atoms with E-state index in [1.165, 1.54) is 23.0 Å². The molecule has 2 heterocycles. The molecular weight excluding hydrogens is 546 g/mol. The summed E-state index contributed by atoms with van der Waals surface area (Å²) in [6, 6.07) is 7.03. The van der Waals surface area contributed by atoms with Crippen LogP contribution in [0.1, 0.15) is 15.2 Å². The molecule has 1 N–H and O–H groups in total. The van der Waals surface area contributed by atoms with Gasteiger partial charge < -0.3 is 9.67 Å². The second kappa shape index (κ2) is 8.58. The number of nitrogens with zero attached hydrogens (tertiary/aromatic N) is 2. The topological polar surface area (TPSA) is 89.3 Å². The average Bonchev–Trinajstić information content (AvgIpc) is 3.36. The number of fused-ring (bicyclic) bond motifs is 1. The Morgan fingerprint density at radius 3 is 2.69 bits per heavy atom. The zero-order valence-electron chi connectivity index (χ0n) is 16.2. The van der Waals surface area contributed by atoms with E-state index in [1.807, 2.05) is 0 Å². The van der Waals surface area contributed by atoms with E-state index in [2.05, 4.69) is 20.9 Å². The van der Waals surface area contributed by atoms with Crippen LogP contribution in [-0.4, -0.2) is 35.3 Å². The molecule has 0 atom stereocenters. The molecule has 6 nitrogen and oxygen atoms in total. The lowest BCUT2D eigenvalue weighted by Gasteiger charge is -2.09. The smallest absolute Gasteiger partial charge is 0.345 e. The Balaban J connectivity index is 1.85. The van der Waals surface area contributed by atoms with Crippen LogP contribution in [0.2, 0.25) is 0 Å². The number of rotatable bonds is 6. The van der Waals surface area contributed by atoms with Crippen LogP contribution in [0.5, 0.6) is 0 Å². The van der Waals surface area contributed by atoms with Crippen LogP contribution in [0, 0.1) is 11.6 Å². The van der Waals surface area contributed by atoms with Crippen molar-refractivity contribution in [3.8, 4) is 0 Å². The highest BCUT2D eigenvalue weighted by molar-refractivity contribution is 9.10. The van der Waals surface area contributed by atoms with Gasteiger partial charge in [0.1, 0.15) is 22.0 Å². The van der Waals surface area contributed by atoms with Crippen LogP contribution in [0.15, 0.2) is 61.2 Å². The van der Waals surface area contributed by atoms with Gasteiger partial charge in [-0.2, -0.15) is 0 Å². The van der Waals surface area contributed by atoms with E-state index in [0.717, 1.165) is 47.4 Å². The highest BCUT2D eigenvalue weighted by Gasteiger charge is 2.27. The number of carboxylic acid groups (broad SMARTS) is 1. The number of hydrogen-bond acceptors (Lipinski definition) is 6. The van der Waals surface area contributed by atoms with E-state index in [-0.39, 0.29) is 26.8 Å². The first-order chi connectivity index (χ1) is 15.1. The van der Waals surface area contributed by atoms with Crippen molar-refractivity contribution in [2.45, 2.75) is 20.5 Å². The van der Waals surface area contributed by atoms with Crippen LogP contribution in [0.25, 0.3) is 11.0 Å². The zero-order chi connectivity index (χ0) is 23.2. The average molecular weight is 559 g/mol. The van der Waals surface area contributed by atoms with Gasteiger partial charge >= 0.3 is 5.97 Å². The summed E-state index contributed by atoms with van der Waals surface area (Å²) in [5.74, 6) is -2.40. The molecule has 2 aromatic carbocycles. The first kappa shape index (κ1) is 22.9. The van der Waals surface area contributed by atoms with E-state index in [4.69, 9.17) is 0 Å². The number of sulfone groups is 1. The van der Waals surface area contributed by atoms with Crippen molar-refractivity contribution in [3.05, 3.63) is 69.3 Å². The van der Waals surface area contributed by atoms with Gasteiger partial charge in [-0.3, -0.25) is 0 Å². The molecule has 0 spiro atoms. The van der Waals surface area contributed by atoms with Gasteiger partial charge in [0.25, 0.3) is 0 Å². The first-order valence-electron chi connectivity index (χ1n) is 8.86. The van der Waals surface area contributed by atoms with Crippen molar-refractivity contribution in [2.75, 3.05) is 6.26 Å². The largest absolute Gasteiger partial charge is 0.477 e.